The summed E-state index contributed by atoms with van der Waals surface area (Å²) in [4.78, 5) is 16.0. The number of alkyl halides is 2. The summed E-state index contributed by atoms with van der Waals surface area (Å²) in [6, 6.07) is 3.35. The molecule has 1 N–H and O–H groups in total. The molecule has 10 nitrogen and oxygen atoms in total. The maximum Gasteiger partial charge on any atom is 0.299 e. The largest absolute Gasteiger partial charge is 0.353 e. The number of carbonyl (C=O) groups is 1. The lowest BCUT2D eigenvalue weighted by atomic mass is 10.3. The van der Waals surface area contributed by atoms with E-state index in [1.54, 1.807) is 17.6 Å². The van der Waals surface area contributed by atoms with Gasteiger partial charge in [-0.1, -0.05) is 11.3 Å². The van der Waals surface area contributed by atoms with Crippen LogP contribution in [0.3, 0.4) is 0 Å². The molecule has 1 aliphatic heterocycles. The van der Waals surface area contributed by atoms with Crippen LogP contribution in [-0.4, -0.2) is 73.5 Å². The van der Waals surface area contributed by atoms with Gasteiger partial charge < -0.3 is 4.90 Å². The number of fused-ring (bicyclic) bond motifs is 1. The number of anilines is 2. The van der Waals surface area contributed by atoms with Crippen LogP contribution in [0.4, 0.5) is 19.7 Å². The van der Waals surface area contributed by atoms with E-state index in [1.807, 2.05) is 9.80 Å². The van der Waals surface area contributed by atoms with Crippen molar-refractivity contribution in [1.29, 1.82) is 0 Å². The first-order valence-electron chi connectivity index (χ1n) is 8.14. The van der Waals surface area contributed by atoms with Crippen LogP contribution in [-0.2, 0) is 4.79 Å². The van der Waals surface area contributed by atoms with Crippen molar-refractivity contribution in [3.8, 4) is 0 Å². The van der Waals surface area contributed by atoms with Gasteiger partial charge in [0, 0.05) is 26.2 Å². The van der Waals surface area contributed by atoms with Gasteiger partial charge in [0.1, 0.15) is 11.3 Å². The summed E-state index contributed by atoms with van der Waals surface area (Å²) < 4.78 is 27.0. The highest BCUT2D eigenvalue weighted by molar-refractivity contribution is 7.13. The van der Waals surface area contributed by atoms with Gasteiger partial charge in [0.05, 0.1) is 6.54 Å². The Morgan fingerprint density at radius 1 is 1.19 bits per heavy atom. The molecule has 0 bridgehead atoms. The van der Waals surface area contributed by atoms with E-state index < -0.39 is 12.2 Å². The summed E-state index contributed by atoms with van der Waals surface area (Å²) >= 11 is 1.26. The van der Waals surface area contributed by atoms with E-state index in [1.165, 1.54) is 11.3 Å². The molecule has 1 saturated heterocycles. The SMILES string of the molecule is O=C(CN1CCN(c2ccc3nnc(C(F)F)n3n2)CC1)Nc1nncs1. The zero-order valence-corrected chi connectivity index (χ0v) is 14.8. The Bertz CT molecular complexity index is 924. The van der Waals surface area contributed by atoms with E-state index in [4.69, 9.17) is 0 Å². The lowest BCUT2D eigenvalue weighted by Gasteiger charge is -2.34. The summed E-state index contributed by atoms with van der Waals surface area (Å²) in [5.41, 5.74) is 1.83. The molecule has 1 aliphatic rings. The highest BCUT2D eigenvalue weighted by Crippen LogP contribution is 2.19. The monoisotopic (exact) mass is 395 g/mol. The fourth-order valence-corrected chi connectivity index (χ4v) is 3.29. The van der Waals surface area contributed by atoms with Crippen LogP contribution in [0.25, 0.3) is 5.65 Å². The third kappa shape index (κ3) is 3.83. The fourth-order valence-electron chi connectivity index (χ4n) is 2.83. The molecule has 0 aliphatic carbocycles. The van der Waals surface area contributed by atoms with Gasteiger partial charge in [0.2, 0.25) is 16.9 Å². The van der Waals surface area contributed by atoms with Crippen molar-refractivity contribution in [3.05, 3.63) is 23.5 Å². The Hall–Kier alpha value is -2.80. The van der Waals surface area contributed by atoms with Crippen molar-refractivity contribution in [2.75, 3.05) is 42.9 Å². The molecule has 0 atom stereocenters. The van der Waals surface area contributed by atoms with Crippen LogP contribution in [0.2, 0.25) is 0 Å². The molecule has 0 spiro atoms. The summed E-state index contributed by atoms with van der Waals surface area (Å²) in [5, 5.41) is 22.0. The standard InChI is InChI=1S/C14H15F2N9OS/c15-12(16)13-20-19-9-1-2-10(22-25(9)13)24-5-3-23(4-6-24)7-11(26)18-14-21-17-8-27-14/h1-2,8,12H,3-7H2,(H,18,21,26). The lowest BCUT2D eigenvalue weighted by Crippen LogP contribution is -2.49. The normalized spacial score (nSPS) is 15.6. The molecule has 0 aromatic carbocycles. The molecule has 0 unspecified atom stereocenters. The summed E-state index contributed by atoms with van der Waals surface area (Å²) in [6.45, 7) is 2.79. The molecule has 0 saturated carbocycles. The number of rotatable bonds is 5. The number of amides is 1. The molecular weight excluding hydrogens is 380 g/mol. The van der Waals surface area contributed by atoms with Gasteiger partial charge in [-0.3, -0.25) is 15.0 Å². The second-order valence-electron chi connectivity index (χ2n) is 5.88. The Balaban J connectivity index is 1.37. The minimum Gasteiger partial charge on any atom is -0.353 e. The molecular formula is C14H15F2N9OS. The molecule has 4 rings (SSSR count). The maximum atomic E-state index is 13.0. The van der Waals surface area contributed by atoms with Crippen molar-refractivity contribution in [1.82, 2.24) is 34.9 Å². The average Bonchev–Trinajstić information content (AvgIpc) is 3.31. The second-order valence-corrected chi connectivity index (χ2v) is 6.71. The predicted octanol–water partition coefficient (Wildman–Crippen LogP) is 0.674. The molecule has 0 radical (unpaired) electrons. The Morgan fingerprint density at radius 2 is 2.00 bits per heavy atom. The average molecular weight is 395 g/mol. The van der Waals surface area contributed by atoms with Crippen molar-refractivity contribution in [3.63, 3.8) is 0 Å². The molecule has 142 valence electrons. The van der Waals surface area contributed by atoms with Crippen LogP contribution >= 0.6 is 11.3 Å². The smallest absolute Gasteiger partial charge is 0.299 e. The molecule has 1 fully saturated rings. The van der Waals surface area contributed by atoms with Gasteiger partial charge in [-0.15, -0.1) is 25.5 Å². The minimum atomic E-state index is -2.74. The van der Waals surface area contributed by atoms with Gasteiger partial charge >= 0.3 is 0 Å². The zero-order valence-electron chi connectivity index (χ0n) is 14.0. The van der Waals surface area contributed by atoms with E-state index >= 15 is 0 Å². The number of nitrogens with one attached hydrogen (secondary N) is 1. The molecule has 27 heavy (non-hydrogen) atoms. The number of aromatic nitrogens is 6. The molecule has 3 aromatic rings. The number of hydrogen-bond acceptors (Lipinski definition) is 9. The first-order valence-corrected chi connectivity index (χ1v) is 9.02. The lowest BCUT2D eigenvalue weighted by molar-refractivity contribution is -0.117. The highest BCUT2D eigenvalue weighted by atomic mass is 32.1. The predicted molar refractivity (Wildman–Crippen MR) is 92.9 cm³/mol. The van der Waals surface area contributed by atoms with Crippen molar-refractivity contribution in [2.45, 2.75) is 6.43 Å². The minimum absolute atomic E-state index is 0.147. The number of piperazine rings is 1. The number of hydrogen-bond donors (Lipinski definition) is 1. The summed E-state index contributed by atoms with van der Waals surface area (Å²) in [5.74, 6) is -0.0493. The van der Waals surface area contributed by atoms with Crippen molar-refractivity contribution >= 4 is 33.8 Å². The zero-order chi connectivity index (χ0) is 18.8. The van der Waals surface area contributed by atoms with Gasteiger partial charge in [0.25, 0.3) is 6.43 Å². The fraction of sp³-hybridized carbons (Fsp3) is 0.429. The Kier molecular flexibility index (Phi) is 4.85. The van der Waals surface area contributed by atoms with Crippen LogP contribution in [0.1, 0.15) is 12.2 Å². The van der Waals surface area contributed by atoms with Gasteiger partial charge in [-0.25, -0.2) is 8.78 Å². The molecule has 3 aromatic heterocycles. The van der Waals surface area contributed by atoms with Gasteiger partial charge in [0.15, 0.2) is 5.65 Å². The third-order valence-corrected chi connectivity index (χ3v) is 4.74. The number of carbonyl (C=O) groups excluding carboxylic acids is 1. The van der Waals surface area contributed by atoms with E-state index in [0.717, 1.165) is 4.52 Å². The first kappa shape index (κ1) is 17.6. The first-order chi connectivity index (χ1) is 13.1. The number of nitrogens with zero attached hydrogens (tertiary/aromatic N) is 8. The number of halogens is 2. The molecule has 4 heterocycles. The van der Waals surface area contributed by atoms with Gasteiger partial charge in [-0.05, 0) is 12.1 Å². The van der Waals surface area contributed by atoms with Crippen LogP contribution in [0.15, 0.2) is 17.6 Å². The highest BCUT2D eigenvalue weighted by Gasteiger charge is 2.22. The van der Waals surface area contributed by atoms with E-state index in [2.05, 4.69) is 30.8 Å². The van der Waals surface area contributed by atoms with E-state index in [0.29, 0.717) is 37.1 Å². The van der Waals surface area contributed by atoms with Crippen LogP contribution in [0.5, 0.6) is 0 Å². The van der Waals surface area contributed by atoms with Crippen molar-refractivity contribution in [2.24, 2.45) is 0 Å². The van der Waals surface area contributed by atoms with E-state index in [-0.39, 0.29) is 18.1 Å². The van der Waals surface area contributed by atoms with Crippen molar-refractivity contribution < 1.29 is 13.6 Å². The Morgan fingerprint density at radius 3 is 2.70 bits per heavy atom. The second kappa shape index (κ2) is 7.44. The summed E-state index contributed by atoms with van der Waals surface area (Å²) in [6.07, 6.45) is -2.74. The third-order valence-electron chi connectivity index (χ3n) is 4.14. The Labute approximate surface area is 155 Å². The quantitative estimate of drug-likeness (QED) is 0.672. The van der Waals surface area contributed by atoms with Gasteiger partial charge in [-0.2, -0.15) is 4.52 Å². The summed E-state index contributed by atoms with van der Waals surface area (Å²) in [7, 11) is 0. The molecule has 13 heteroatoms. The van der Waals surface area contributed by atoms with E-state index in [9.17, 15) is 13.6 Å². The maximum absolute atomic E-state index is 13.0. The van der Waals surface area contributed by atoms with Crippen LogP contribution in [0, 0.1) is 0 Å². The molecule has 1 amide bonds. The van der Waals surface area contributed by atoms with Crippen LogP contribution < -0.4 is 10.2 Å². The topological polar surface area (TPSA) is 104 Å².